The van der Waals surface area contributed by atoms with Crippen LogP contribution in [0.5, 0.6) is 0 Å². The molecular weight excluding hydrogens is 240 g/mol. The molecule has 1 aromatic heterocycles. The van der Waals surface area contributed by atoms with E-state index >= 15 is 0 Å². The average molecular weight is 250 g/mol. The van der Waals surface area contributed by atoms with Crippen LogP contribution in [-0.4, -0.2) is 42.9 Å². The van der Waals surface area contributed by atoms with E-state index in [2.05, 4.69) is 4.98 Å². The summed E-state index contributed by atoms with van der Waals surface area (Å²) < 4.78 is 30.3. The highest BCUT2D eigenvalue weighted by Crippen LogP contribution is 2.23. The van der Waals surface area contributed by atoms with Crippen LogP contribution in [-0.2, 0) is 10.1 Å². The fourth-order valence-electron chi connectivity index (χ4n) is 0.905. The molecule has 0 aliphatic heterocycles. The van der Waals surface area contributed by atoms with Gasteiger partial charge in [0.2, 0.25) is 0 Å². The summed E-state index contributed by atoms with van der Waals surface area (Å²) in [6.07, 6.45) is 0. The van der Waals surface area contributed by atoms with Crippen molar-refractivity contribution in [2.45, 2.75) is 11.1 Å². The van der Waals surface area contributed by atoms with Gasteiger partial charge in [-0.15, -0.1) is 0 Å². The molecule has 0 fully saturated rings. The largest absolute Gasteiger partial charge is 0.343 e. The van der Waals surface area contributed by atoms with Crippen LogP contribution in [0.4, 0.5) is 0 Å². The monoisotopic (exact) mass is 250 g/mol. The fourth-order valence-corrected chi connectivity index (χ4v) is 2.80. The van der Waals surface area contributed by atoms with Gasteiger partial charge in [0.25, 0.3) is 5.91 Å². The van der Waals surface area contributed by atoms with Crippen LogP contribution >= 0.6 is 11.3 Å². The molecule has 0 atom stereocenters. The zero-order valence-corrected chi connectivity index (χ0v) is 10.0. The zero-order chi connectivity index (χ0) is 11.8. The summed E-state index contributed by atoms with van der Waals surface area (Å²) in [5.74, 6) is -0.391. The second-order valence-electron chi connectivity index (χ2n) is 3.07. The van der Waals surface area contributed by atoms with Crippen LogP contribution in [0.25, 0.3) is 0 Å². The van der Waals surface area contributed by atoms with Crippen molar-refractivity contribution in [2.75, 3.05) is 14.1 Å². The van der Waals surface area contributed by atoms with E-state index in [4.69, 9.17) is 4.55 Å². The second-order valence-corrected chi connectivity index (χ2v) is 5.68. The van der Waals surface area contributed by atoms with Crippen molar-refractivity contribution < 1.29 is 17.8 Å². The molecule has 0 radical (unpaired) electrons. The lowest BCUT2D eigenvalue weighted by Crippen LogP contribution is -2.21. The number of carbonyl (C=O) groups excluding carboxylic acids is 1. The van der Waals surface area contributed by atoms with Crippen molar-refractivity contribution in [3.8, 4) is 0 Å². The van der Waals surface area contributed by atoms with Gasteiger partial charge in [-0.25, -0.2) is 4.98 Å². The molecule has 1 amide bonds. The molecule has 0 unspecified atom stereocenters. The lowest BCUT2D eigenvalue weighted by Gasteiger charge is -2.05. The molecule has 0 saturated carbocycles. The summed E-state index contributed by atoms with van der Waals surface area (Å²) in [5.41, 5.74) is 0.132. The highest BCUT2D eigenvalue weighted by Gasteiger charge is 2.22. The molecule has 0 aliphatic rings. The standard InChI is InChI=1S/C7H10N2O4S2/c1-4-7(15(11,12)13)14-5(8-4)6(10)9(2)3/h1-3H3,(H,11,12,13). The minimum Gasteiger partial charge on any atom is -0.343 e. The van der Waals surface area contributed by atoms with Gasteiger partial charge in [0.1, 0.15) is 0 Å². The molecule has 1 N–H and O–H groups in total. The lowest BCUT2D eigenvalue weighted by atomic mass is 10.5. The number of rotatable bonds is 2. The Morgan fingerprint density at radius 1 is 1.47 bits per heavy atom. The summed E-state index contributed by atoms with van der Waals surface area (Å²) in [7, 11) is -1.22. The lowest BCUT2D eigenvalue weighted by molar-refractivity contribution is 0.0827. The quantitative estimate of drug-likeness (QED) is 0.768. The van der Waals surface area contributed by atoms with E-state index in [1.54, 1.807) is 0 Å². The highest BCUT2D eigenvalue weighted by atomic mass is 32.3. The van der Waals surface area contributed by atoms with E-state index in [9.17, 15) is 13.2 Å². The van der Waals surface area contributed by atoms with E-state index in [1.807, 2.05) is 0 Å². The van der Waals surface area contributed by atoms with Gasteiger partial charge in [0, 0.05) is 14.1 Å². The number of aromatic nitrogens is 1. The Kier molecular flexibility index (Phi) is 3.12. The van der Waals surface area contributed by atoms with Crippen LogP contribution in [0.2, 0.25) is 0 Å². The smallest absolute Gasteiger partial charge is 0.306 e. The van der Waals surface area contributed by atoms with Crippen molar-refractivity contribution >= 4 is 27.4 Å². The maximum Gasteiger partial charge on any atom is 0.306 e. The molecule has 15 heavy (non-hydrogen) atoms. The molecule has 6 nitrogen and oxygen atoms in total. The highest BCUT2D eigenvalue weighted by molar-refractivity contribution is 7.88. The number of hydrogen-bond acceptors (Lipinski definition) is 5. The summed E-state index contributed by atoms with van der Waals surface area (Å²) >= 11 is 0.663. The Morgan fingerprint density at radius 3 is 2.33 bits per heavy atom. The number of nitrogens with zero attached hydrogens (tertiary/aromatic N) is 2. The van der Waals surface area contributed by atoms with Crippen LogP contribution in [0, 0.1) is 6.92 Å². The number of hydrogen-bond donors (Lipinski definition) is 1. The minimum absolute atomic E-state index is 0.0464. The van der Waals surface area contributed by atoms with Gasteiger partial charge in [0.15, 0.2) is 9.22 Å². The molecule has 1 aromatic rings. The third kappa shape index (κ3) is 2.52. The Hall–Kier alpha value is -0.990. The van der Waals surface area contributed by atoms with Crippen molar-refractivity contribution in [1.29, 1.82) is 0 Å². The van der Waals surface area contributed by atoms with E-state index < -0.39 is 16.0 Å². The first kappa shape index (κ1) is 12.1. The fraction of sp³-hybridized carbons (Fsp3) is 0.429. The predicted molar refractivity (Wildman–Crippen MR) is 54.7 cm³/mol. The number of thiazole rings is 1. The molecule has 0 bridgehead atoms. The van der Waals surface area contributed by atoms with Gasteiger partial charge in [-0.3, -0.25) is 9.35 Å². The van der Waals surface area contributed by atoms with Crippen molar-refractivity contribution in [2.24, 2.45) is 0 Å². The summed E-state index contributed by atoms with van der Waals surface area (Å²) in [6, 6.07) is 0. The summed E-state index contributed by atoms with van der Waals surface area (Å²) in [4.78, 5) is 16.5. The van der Waals surface area contributed by atoms with E-state index in [-0.39, 0.29) is 14.9 Å². The van der Waals surface area contributed by atoms with Crippen LogP contribution in [0.15, 0.2) is 4.21 Å². The molecule has 0 aliphatic carbocycles. The van der Waals surface area contributed by atoms with E-state index in [0.29, 0.717) is 11.3 Å². The van der Waals surface area contributed by atoms with Crippen LogP contribution in [0.3, 0.4) is 0 Å². The van der Waals surface area contributed by atoms with Gasteiger partial charge in [-0.1, -0.05) is 11.3 Å². The molecule has 84 valence electrons. The predicted octanol–water partition coefficient (Wildman–Crippen LogP) is 0.400. The normalized spacial score (nSPS) is 11.5. The number of carbonyl (C=O) groups is 1. The summed E-state index contributed by atoms with van der Waals surface area (Å²) in [5, 5.41) is 0.0464. The summed E-state index contributed by atoms with van der Waals surface area (Å²) in [6.45, 7) is 1.42. The Balaban J connectivity index is 3.24. The van der Waals surface area contributed by atoms with Gasteiger partial charge >= 0.3 is 10.1 Å². The molecule has 0 spiro atoms. The molecule has 1 heterocycles. The molecule has 1 rings (SSSR count). The molecular formula is C7H10N2O4S2. The first-order valence-corrected chi connectivity index (χ1v) is 6.15. The minimum atomic E-state index is -4.29. The van der Waals surface area contributed by atoms with E-state index in [1.165, 1.54) is 25.9 Å². The van der Waals surface area contributed by atoms with Gasteiger partial charge in [-0.2, -0.15) is 8.42 Å². The van der Waals surface area contributed by atoms with Gasteiger partial charge in [0.05, 0.1) is 5.69 Å². The SMILES string of the molecule is Cc1nc(C(=O)N(C)C)sc1S(=O)(=O)O. The second kappa shape index (κ2) is 3.87. The van der Waals surface area contributed by atoms with Crippen molar-refractivity contribution in [1.82, 2.24) is 9.88 Å². The topological polar surface area (TPSA) is 87.6 Å². The van der Waals surface area contributed by atoms with Crippen molar-refractivity contribution in [3.05, 3.63) is 10.7 Å². The van der Waals surface area contributed by atoms with Crippen LogP contribution < -0.4 is 0 Å². The number of aryl methyl sites for hydroxylation is 1. The van der Waals surface area contributed by atoms with Crippen LogP contribution in [0.1, 0.15) is 15.5 Å². The Morgan fingerprint density at radius 2 is 2.00 bits per heavy atom. The Labute approximate surface area is 91.3 Å². The average Bonchev–Trinajstić information content (AvgIpc) is 2.44. The first-order valence-electron chi connectivity index (χ1n) is 3.90. The number of amides is 1. The molecule has 0 saturated heterocycles. The third-order valence-corrected chi connectivity index (χ3v) is 4.16. The Bertz CT molecular complexity index is 489. The maximum absolute atomic E-state index is 11.4. The van der Waals surface area contributed by atoms with E-state index in [0.717, 1.165) is 0 Å². The van der Waals surface area contributed by atoms with Gasteiger partial charge in [-0.05, 0) is 6.92 Å². The van der Waals surface area contributed by atoms with Gasteiger partial charge < -0.3 is 4.90 Å². The molecule has 0 aromatic carbocycles. The van der Waals surface area contributed by atoms with Crippen molar-refractivity contribution in [3.63, 3.8) is 0 Å². The maximum atomic E-state index is 11.4. The third-order valence-electron chi connectivity index (χ3n) is 1.58. The zero-order valence-electron chi connectivity index (χ0n) is 8.38. The molecule has 8 heteroatoms. The first-order chi connectivity index (χ1) is 6.73.